The summed E-state index contributed by atoms with van der Waals surface area (Å²) in [5.74, 6) is 0.508. The summed E-state index contributed by atoms with van der Waals surface area (Å²) in [6.07, 6.45) is 0. The Kier molecular flexibility index (Phi) is 5.92. The minimum atomic E-state index is -0.275. The maximum absolute atomic E-state index is 12.6. The van der Waals surface area contributed by atoms with E-state index in [0.29, 0.717) is 36.2 Å². The molecule has 1 N–H and O–H groups in total. The monoisotopic (exact) mass is 335 g/mol. The number of rotatable bonds is 7. The van der Waals surface area contributed by atoms with E-state index in [9.17, 15) is 9.59 Å². The van der Waals surface area contributed by atoms with Gasteiger partial charge in [0.1, 0.15) is 0 Å². The van der Waals surface area contributed by atoms with Crippen molar-refractivity contribution >= 4 is 23.2 Å². The van der Waals surface area contributed by atoms with E-state index in [1.165, 1.54) is 11.3 Å². The average Bonchev–Trinajstić information content (AvgIpc) is 3.17. The van der Waals surface area contributed by atoms with Crippen LogP contribution in [-0.4, -0.2) is 35.0 Å². The molecule has 0 bridgehead atoms. The molecule has 0 radical (unpaired) electrons. The molecular weight excluding hydrogens is 314 g/mol. The third-order valence-electron chi connectivity index (χ3n) is 3.08. The molecule has 7 heteroatoms. The summed E-state index contributed by atoms with van der Waals surface area (Å²) < 4.78 is 5.21. The number of nitrogens with one attached hydrogen (secondary N) is 1. The molecule has 0 aliphatic rings. The van der Waals surface area contributed by atoms with Crippen molar-refractivity contribution in [2.45, 2.75) is 27.3 Å². The highest BCUT2D eigenvalue weighted by Gasteiger charge is 2.21. The first kappa shape index (κ1) is 17.2. The second kappa shape index (κ2) is 7.92. The molecule has 2 amide bonds. The first-order chi connectivity index (χ1) is 11.0. The van der Waals surface area contributed by atoms with Crippen LogP contribution in [0.3, 0.4) is 0 Å². The van der Waals surface area contributed by atoms with Gasteiger partial charge in [0.15, 0.2) is 11.5 Å². The van der Waals surface area contributed by atoms with E-state index >= 15 is 0 Å². The van der Waals surface area contributed by atoms with Gasteiger partial charge >= 0.3 is 0 Å². The quantitative estimate of drug-likeness (QED) is 0.844. The summed E-state index contributed by atoms with van der Waals surface area (Å²) in [4.78, 5) is 26.7. The van der Waals surface area contributed by atoms with Gasteiger partial charge in [0.25, 0.3) is 11.8 Å². The van der Waals surface area contributed by atoms with Crippen LogP contribution in [0.4, 0.5) is 0 Å². The van der Waals surface area contributed by atoms with Crippen molar-refractivity contribution in [1.29, 1.82) is 0 Å². The van der Waals surface area contributed by atoms with Gasteiger partial charge in [-0.25, -0.2) is 0 Å². The van der Waals surface area contributed by atoms with Crippen LogP contribution in [0.15, 0.2) is 28.1 Å². The molecule has 6 nitrogen and oxygen atoms in total. The normalized spacial score (nSPS) is 10.8. The Morgan fingerprint density at radius 1 is 1.43 bits per heavy atom. The highest BCUT2D eigenvalue weighted by molar-refractivity contribution is 7.12. The first-order valence-electron chi connectivity index (χ1n) is 7.57. The molecule has 0 atom stereocenters. The van der Waals surface area contributed by atoms with Crippen molar-refractivity contribution in [2.75, 3.05) is 13.1 Å². The summed E-state index contributed by atoms with van der Waals surface area (Å²) in [5.41, 5.74) is 0.231. The predicted molar refractivity (Wildman–Crippen MR) is 88.4 cm³/mol. The van der Waals surface area contributed by atoms with Gasteiger partial charge in [-0.1, -0.05) is 25.1 Å². The van der Waals surface area contributed by atoms with Gasteiger partial charge < -0.3 is 14.7 Å². The van der Waals surface area contributed by atoms with Gasteiger partial charge in [-0.05, 0) is 24.3 Å². The Hall–Kier alpha value is -2.15. The average molecular weight is 335 g/mol. The van der Waals surface area contributed by atoms with E-state index in [0.717, 1.165) is 0 Å². The SMILES string of the molecule is CCNC(=O)c1cc(CN(CC(C)C)C(=O)c2cccs2)on1. The van der Waals surface area contributed by atoms with E-state index in [2.05, 4.69) is 24.3 Å². The summed E-state index contributed by atoms with van der Waals surface area (Å²) in [6, 6.07) is 5.24. The molecule has 2 heterocycles. The van der Waals surface area contributed by atoms with Crippen molar-refractivity contribution in [3.63, 3.8) is 0 Å². The highest BCUT2D eigenvalue weighted by Crippen LogP contribution is 2.16. The minimum absolute atomic E-state index is 0.0374. The molecule has 2 aromatic heterocycles. The van der Waals surface area contributed by atoms with Crippen molar-refractivity contribution in [3.05, 3.63) is 39.9 Å². The van der Waals surface area contributed by atoms with E-state index < -0.39 is 0 Å². The Balaban J connectivity index is 2.12. The maximum atomic E-state index is 12.6. The van der Waals surface area contributed by atoms with E-state index in [-0.39, 0.29) is 17.5 Å². The summed E-state index contributed by atoms with van der Waals surface area (Å²) in [5, 5.41) is 8.31. The van der Waals surface area contributed by atoms with Crippen molar-refractivity contribution in [2.24, 2.45) is 5.92 Å². The molecule has 0 saturated carbocycles. The molecule has 0 saturated heterocycles. The Morgan fingerprint density at radius 2 is 2.22 bits per heavy atom. The zero-order chi connectivity index (χ0) is 16.8. The van der Waals surface area contributed by atoms with Crippen LogP contribution < -0.4 is 5.32 Å². The fraction of sp³-hybridized carbons (Fsp3) is 0.438. The second-order valence-electron chi connectivity index (χ2n) is 5.59. The van der Waals surface area contributed by atoms with E-state index in [4.69, 9.17) is 4.52 Å². The molecule has 124 valence electrons. The fourth-order valence-corrected chi connectivity index (χ4v) is 2.84. The van der Waals surface area contributed by atoms with Gasteiger partial charge in [0.2, 0.25) is 0 Å². The number of carbonyl (C=O) groups is 2. The smallest absolute Gasteiger partial charge is 0.273 e. The van der Waals surface area contributed by atoms with Gasteiger partial charge in [0.05, 0.1) is 11.4 Å². The number of carbonyl (C=O) groups excluding carboxylic acids is 2. The third-order valence-corrected chi connectivity index (χ3v) is 3.94. The number of thiophene rings is 1. The Labute approximate surface area is 139 Å². The van der Waals surface area contributed by atoms with Crippen LogP contribution >= 0.6 is 11.3 Å². The molecule has 0 aliphatic heterocycles. The standard InChI is InChI=1S/C16H21N3O3S/c1-4-17-15(20)13-8-12(22-18-13)10-19(9-11(2)3)16(21)14-6-5-7-23-14/h5-8,11H,4,9-10H2,1-3H3,(H,17,20). The largest absolute Gasteiger partial charge is 0.359 e. The predicted octanol–water partition coefficient (Wildman–Crippen LogP) is 2.78. The van der Waals surface area contributed by atoms with Crippen LogP contribution in [0, 0.1) is 5.92 Å². The Bertz CT molecular complexity index is 649. The third kappa shape index (κ3) is 4.66. The van der Waals surface area contributed by atoms with Crippen LogP contribution in [0.2, 0.25) is 0 Å². The van der Waals surface area contributed by atoms with Crippen LogP contribution in [0.5, 0.6) is 0 Å². The summed E-state index contributed by atoms with van der Waals surface area (Å²) in [7, 11) is 0. The van der Waals surface area contributed by atoms with Gasteiger partial charge in [0, 0.05) is 19.2 Å². The van der Waals surface area contributed by atoms with Crippen LogP contribution in [0.1, 0.15) is 46.7 Å². The number of nitrogens with zero attached hydrogens (tertiary/aromatic N) is 2. The van der Waals surface area contributed by atoms with E-state index in [1.54, 1.807) is 17.0 Å². The lowest BCUT2D eigenvalue weighted by Gasteiger charge is -2.22. The van der Waals surface area contributed by atoms with Crippen molar-refractivity contribution in [1.82, 2.24) is 15.4 Å². The van der Waals surface area contributed by atoms with Crippen molar-refractivity contribution < 1.29 is 14.1 Å². The van der Waals surface area contributed by atoms with Gasteiger partial charge in [-0.15, -0.1) is 11.3 Å². The number of amides is 2. The second-order valence-corrected chi connectivity index (χ2v) is 6.54. The summed E-state index contributed by atoms with van der Waals surface area (Å²) in [6.45, 7) is 7.36. The molecule has 0 aromatic carbocycles. The molecule has 0 unspecified atom stereocenters. The topological polar surface area (TPSA) is 75.4 Å². The highest BCUT2D eigenvalue weighted by atomic mass is 32.1. The molecule has 2 rings (SSSR count). The summed E-state index contributed by atoms with van der Waals surface area (Å²) >= 11 is 1.41. The van der Waals surface area contributed by atoms with E-state index in [1.807, 2.05) is 18.4 Å². The lowest BCUT2D eigenvalue weighted by atomic mass is 10.2. The van der Waals surface area contributed by atoms with Crippen molar-refractivity contribution in [3.8, 4) is 0 Å². The zero-order valence-corrected chi connectivity index (χ0v) is 14.4. The molecule has 0 aliphatic carbocycles. The fourth-order valence-electron chi connectivity index (χ4n) is 2.15. The molecule has 0 fully saturated rings. The van der Waals surface area contributed by atoms with Crippen LogP contribution in [-0.2, 0) is 6.54 Å². The maximum Gasteiger partial charge on any atom is 0.273 e. The van der Waals surface area contributed by atoms with Crippen LogP contribution in [0.25, 0.3) is 0 Å². The lowest BCUT2D eigenvalue weighted by molar-refractivity contribution is 0.0710. The molecule has 23 heavy (non-hydrogen) atoms. The first-order valence-corrected chi connectivity index (χ1v) is 8.45. The number of hydrogen-bond donors (Lipinski definition) is 1. The van der Waals surface area contributed by atoms with Gasteiger partial charge in [-0.3, -0.25) is 9.59 Å². The molecular formula is C16H21N3O3S. The number of hydrogen-bond acceptors (Lipinski definition) is 5. The lowest BCUT2D eigenvalue weighted by Crippen LogP contribution is -2.33. The molecule has 2 aromatic rings. The van der Waals surface area contributed by atoms with Gasteiger partial charge in [-0.2, -0.15) is 0 Å². The number of aromatic nitrogens is 1. The Morgan fingerprint density at radius 3 is 2.83 bits per heavy atom. The molecule has 0 spiro atoms. The zero-order valence-electron chi connectivity index (χ0n) is 13.5. The minimum Gasteiger partial charge on any atom is -0.359 e.